The van der Waals surface area contributed by atoms with Crippen LogP contribution >= 0.6 is 11.8 Å². The Morgan fingerprint density at radius 2 is 2.06 bits per heavy atom. The molecule has 0 aromatic carbocycles. The summed E-state index contributed by atoms with van der Waals surface area (Å²) in [4.78, 5) is 59.3. The minimum Gasteiger partial charge on any atom is -0.477 e. The smallest absolute Gasteiger partial charge is 0.352 e. The molecule has 1 aromatic rings. The average molecular weight is 467 g/mol. The molecule has 3 heterocycles. The zero-order valence-corrected chi connectivity index (χ0v) is 18.3. The summed E-state index contributed by atoms with van der Waals surface area (Å²) in [6.45, 7) is 4.10. The second kappa shape index (κ2) is 8.98. The molecular formula is C18H21N5O8S. The molecule has 0 aliphatic carbocycles. The molecule has 2 aliphatic heterocycles. The molecule has 3 rings (SSSR count). The van der Waals surface area contributed by atoms with Gasteiger partial charge in [-0.3, -0.25) is 34.1 Å². The predicted octanol–water partition coefficient (Wildman–Crippen LogP) is 0.0999. The number of rotatable bonds is 8. The molecule has 13 nitrogen and oxygen atoms in total. The third-order valence-corrected chi connectivity index (χ3v) is 6.43. The molecule has 2 N–H and O–H groups in total. The van der Waals surface area contributed by atoms with E-state index in [1.165, 1.54) is 37.2 Å². The van der Waals surface area contributed by atoms with Crippen molar-refractivity contribution in [3.8, 4) is 0 Å². The van der Waals surface area contributed by atoms with Gasteiger partial charge in [0.1, 0.15) is 35.1 Å². The second-order valence-electron chi connectivity index (χ2n) is 7.24. The van der Waals surface area contributed by atoms with E-state index in [-0.39, 0.29) is 42.4 Å². The quantitative estimate of drug-likeness (QED) is 0.231. The number of fused-ring (bicyclic) bond motifs is 1. The highest BCUT2D eigenvalue weighted by atomic mass is 32.2. The number of hydrogen-bond donors (Lipinski definition) is 2. The molecule has 14 heteroatoms. The number of carboxylic acids is 1. The Kier molecular flexibility index (Phi) is 6.52. The normalized spacial score (nSPS) is 19.8. The van der Waals surface area contributed by atoms with Crippen LogP contribution in [0.25, 0.3) is 0 Å². The predicted molar refractivity (Wildman–Crippen MR) is 109 cm³/mol. The van der Waals surface area contributed by atoms with Gasteiger partial charge in [0.25, 0.3) is 5.91 Å². The standard InChI is InChI=1S/C18H21N5O8S/c1-8-14(23(29)30)9(2)21(20-8)5-4-12(25)19-13-16(26)22-15(18(27)28)11(6-31-10(3)24)7-32-17(13)22/h13,17H,4-7H2,1-3H3,(H,19,25)(H,27,28)/t13-,17-/m0/s1. The van der Waals surface area contributed by atoms with E-state index >= 15 is 0 Å². The molecule has 0 spiro atoms. The summed E-state index contributed by atoms with van der Waals surface area (Å²) < 4.78 is 6.24. The fourth-order valence-corrected chi connectivity index (χ4v) is 4.93. The van der Waals surface area contributed by atoms with Gasteiger partial charge in [-0.2, -0.15) is 5.10 Å². The van der Waals surface area contributed by atoms with Crippen LogP contribution in [0.15, 0.2) is 11.3 Å². The molecule has 2 amide bonds. The first-order valence-electron chi connectivity index (χ1n) is 9.54. The van der Waals surface area contributed by atoms with Gasteiger partial charge in [0.2, 0.25) is 5.91 Å². The molecular weight excluding hydrogens is 446 g/mol. The van der Waals surface area contributed by atoms with Crippen molar-refractivity contribution in [2.24, 2.45) is 0 Å². The monoisotopic (exact) mass is 467 g/mol. The summed E-state index contributed by atoms with van der Waals surface area (Å²) in [7, 11) is 0. The first-order chi connectivity index (χ1) is 15.0. The highest BCUT2D eigenvalue weighted by Crippen LogP contribution is 2.40. The number of amides is 2. The Hall–Kier alpha value is -3.42. The average Bonchev–Trinajstić information content (AvgIpc) is 3.00. The van der Waals surface area contributed by atoms with E-state index in [9.17, 15) is 34.4 Å². The number of aliphatic carboxylic acids is 1. The van der Waals surface area contributed by atoms with Crippen LogP contribution in [0.2, 0.25) is 0 Å². The van der Waals surface area contributed by atoms with Crippen molar-refractivity contribution in [3.05, 3.63) is 32.8 Å². The van der Waals surface area contributed by atoms with Crippen molar-refractivity contribution in [1.29, 1.82) is 0 Å². The van der Waals surface area contributed by atoms with Gasteiger partial charge in [0.05, 0.1) is 11.5 Å². The summed E-state index contributed by atoms with van der Waals surface area (Å²) in [6, 6.07) is -0.896. The number of nitrogens with one attached hydrogen (secondary N) is 1. The van der Waals surface area contributed by atoms with E-state index in [4.69, 9.17) is 4.74 Å². The number of aromatic nitrogens is 2. The maximum atomic E-state index is 12.6. The largest absolute Gasteiger partial charge is 0.477 e. The number of carbonyl (C=O) groups is 4. The van der Waals surface area contributed by atoms with Gasteiger partial charge in [-0.1, -0.05) is 0 Å². The Morgan fingerprint density at radius 1 is 1.38 bits per heavy atom. The lowest BCUT2D eigenvalue weighted by Gasteiger charge is -2.49. The third kappa shape index (κ3) is 4.30. The van der Waals surface area contributed by atoms with Crippen LogP contribution in [0.5, 0.6) is 0 Å². The van der Waals surface area contributed by atoms with E-state index in [2.05, 4.69) is 10.4 Å². The van der Waals surface area contributed by atoms with Crippen molar-refractivity contribution in [2.45, 2.75) is 45.2 Å². The molecule has 0 radical (unpaired) electrons. The van der Waals surface area contributed by atoms with Crippen LogP contribution in [0, 0.1) is 24.0 Å². The first-order valence-corrected chi connectivity index (χ1v) is 10.6. The summed E-state index contributed by atoms with van der Waals surface area (Å²) >= 11 is 1.26. The summed E-state index contributed by atoms with van der Waals surface area (Å²) in [5.41, 5.74) is 0.532. The molecule has 2 aliphatic rings. The highest BCUT2D eigenvalue weighted by Gasteiger charge is 2.54. The number of nitro groups is 1. The molecule has 32 heavy (non-hydrogen) atoms. The number of esters is 1. The van der Waals surface area contributed by atoms with Crippen LogP contribution in [0.1, 0.15) is 24.7 Å². The zero-order chi connectivity index (χ0) is 23.7. The first kappa shape index (κ1) is 23.2. The van der Waals surface area contributed by atoms with Gasteiger partial charge in [-0.15, -0.1) is 11.8 Å². The number of aryl methyl sites for hydroxylation is 2. The zero-order valence-electron chi connectivity index (χ0n) is 17.5. The van der Waals surface area contributed by atoms with E-state index < -0.39 is 40.1 Å². The number of hydrogen-bond acceptors (Lipinski definition) is 9. The lowest BCUT2D eigenvalue weighted by atomic mass is 10.0. The number of ether oxygens (including phenoxy) is 1. The molecule has 0 unspecified atom stereocenters. The molecule has 2 atom stereocenters. The van der Waals surface area contributed by atoms with E-state index in [0.717, 1.165) is 4.90 Å². The van der Waals surface area contributed by atoms with Crippen molar-refractivity contribution < 1.29 is 33.9 Å². The van der Waals surface area contributed by atoms with Gasteiger partial charge < -0.3 is 15.2 Å². The summed E-state index contributed by atoms with van der Waals surface area (Å²) in [5, 5.41) is 26.7. The van der Waals surface area contributed by atoms with Crippen LogP contribution < -0.4 is 5.32 Å². The Morgan fingerprint density at radius 3 is 2.62 bits per heavy atom. The Balaban J connectivity index is 1.63. The number of nitrogens with zero attached hydrogens (tertiary/aromatic N) is 4. The molecule has 172 valence electrons. The minimum absolute atomic E-state index is 0.0698. The van der Waals surface area contributed by atoms with E-state index in [1.54, 1.807) is 0 Å². The minimum atomic E-state index is -1.32. The van der Waals surface area contributed by atoms with Crippen molar-refractivity contribution in [2.75, 3.05) is 12.4 Å². The van der Waals surface area contributed by atoms with E-state index in [1.807, 2.05) is 0 Å². The van der Waals surface area contributed by atoms with Crippen molar-refractivity contribution in [3.63, 3.8) is 0 Å². The van der Waals surface area contributed by atoms with Crippen LogP contribution in [0.4, 0.5) is 5.69 Å². The Bertz CT molecular complexity index is 1050. The number of thioether (sulfide) groups is 1. The molecule has 1 saturated heterocycles. The summed E-state index contributed by atoms with van der Waals surface area (Å²) in [6.07, 6.45) is -0.0698. The number of β-lactam (4-membered cyclic amide) rings is 1. The van der Waals surface area contributed by atoms with Gasteiger partial charge >= 0.3 is 17.6 Å². The fourth-order valence-electron chi connectivity index (χ4n) is 3.61. The molecule has 0 bridgehead atoms. The summed E-state index contributed by atoms with van der Waals surface area (Å²) in [5.74, 6) is -2.70. The van der Waals surface area contributed by atoms with Crippen LogP contribution in [-0.2, 0) is 30.5 Å². The number of carboxylic acid groups (broad SMARTS) is 1. The van der Waals surface area contributed by atoms with Gasteiger partial charge in [-0.05, 0) is 13.8 Å². The maximum Gasteiger partial charge on any atom is 0.352 e. The topological polar surface area (TPSA) is 174 Å². The third-order valence-electron chi connectivity index (χ3n) is 5.09. The molecule has 1 aromatic heterocycles. The van der Waals surface area contributed by atoms with Gasteiger partial charge in [0, 0.05) is 24.7 Å². The SMILES string of the molecule is CC(=O)OCC1=C(C(=O)O)N2C(=O)[C@H](NC(=O)CCn3nc(C)c([N+](=O)[O-])c3C)[C@@H]2SC1. The molecule has 0 saturated carbocycles. The van der Waals surface area contributed by atoms with Crippen molar-refractivity contribution >= 4 is 41.2 Å². The van der Waals surface area contributed by atoms with Crippen LogP contribution in [0.3, 0.4) is 0 Å². The lowest BCUT2D eigenvalue weighted by molar-refractivity contribution is -0.386. The fraction of sp³-hybridized carbons (Fsp3) is 0.500. The number of carbonyl (C=O) groups excluding carboxylic acids is 3. The van der Waals surface area contributed by atoms with E-state index in [0.29, 0.717) is 11.3 Å². The molecule has 1 fully saturated rings. The maximum absolute atomic E-state index is 12.6. The lowest BCUT2D eigenvalue weighted by Crippen LogP contribution is -2.70. The second-order valence-corrected chi connectivity index (χ2v) is 8.35. The Labute approximate surface area is 185 Å². The van der Waals surface area contributed by atoms with Gasteiger partial charge in [-0.25, -0.2) is 4.79 Å². The van der Waals surface area contributed by atoms with Gasteiger partial charge in [0.15, 0.2) is 0 Å². The van der Waals surface area contributed by atoms with Crippen LogP contribution in [-0.4, -0.2) is 72.2 Å². The van der Waals surface area contributed by atoms with Crippen molar-refractivity contribution in [1.82, 2.24) is 20.0 Å². The highest BCUT2D eigenvalue weighted by molar-refractivity contribution is 8.00.